The number of hydrogen-bond acceptors (Lipinski definition) is 4. The molecule has 0 spiro atoms. The molecule has 6 heteroatoms. The van der Waals surface area contributed by atoms with Crippen LogP contribution >= 0.6 is 0 Å². The van der Waals surface area contributed by atoms with Crippen LogP contribution in [0.25, 0.3) is 10.9 Å². The molecule has 3 rings (SSSR count). The van der Waals surface area contributed by atoms with Crippen molar-refractivity contribution in [3.8, 4) is 0 Å². The Morgan fingerprint density at radius 2 is 1.93 bits per heavy atom. The van der Waals surface area contributed by atoms with E-state index in [4.69, 9.17) is 0 Å². The highest BCUT2D eigenvalue weighted by Crippen LogP contribution is 2.16. The van der Waals surface area contributed by atoms with Crippen LogP contribution in [0.4, 0.5) is 0 Å². The largest absolute Gasteiger partial charge is 0.348 e. The lowest BCUT2D eigenvalue weighted by atomic mass is 10.0. The zero-order valence-corrected chi connectivity index (χ0v) is 17.5. The van der Waals surface area contributed by atoms with E-state index < -0.39 is 0 Å². The number of aromatic nitrogens is 2. The van der Waals surface area contributed by atoms with Crippen molar-refractivity contribution in [2.45, 2.75) is 40.3 Å². The van der Waals surface area contributed by atoms with Gasteiger partial charge >= 0.3 is 0 Å². The number of aromatic amines is 1. The molecule has 0 aliphatic carbocycles. The number of aryl methyl sites for hydroxylation is 2. The third kappa shape index (κ3) is 5.09. The minimum absolute atomic E-state index is 0.0549. The van der Waals surface area contributed by atoms with Gasteiger partial charge in [0.2, 0.25) is 5.91 Å². The number of benzene rings is 2. The molecular weight excluding hydrogens is 364 g/mol. The van der Waals surface area contributed by atoms with Crippen LogP contribution in [0.3, 0.4) is 0 Å². The van der Waals surface area contributed by atoms with Gasteiger partial charge in [0, 0.05) is 0 Å². The average molecular weight is 393 g/mol. The molecule has 0 aliphatic rings. The number of fused-ring (bicyclic) bond motifs is 1. The number of carbonyl (C=O) groups excluding carboxylic acids is 1. The van der Waals surface area contributed by atoms with Gasteiger partial charge in [0.25, 0.3) is 5.56 Å². The Labute approximate surface area is 171 Å². The molecule has 29 heavy (non-hydrogen) atoms. The molecule has 0 saturated carbocycles. The highest BCUT2D eigenvalue weighted by molar-refractivity contribution is 5.78. The molecule has 0 radical (unpaired) electrons. The lowest BCUT2D eigenvalue weighted by molar-refractivity contribution is -0.123. The Balaban J connectivity index is 1.65. The van der Waals surface area contributed by atoms with Crippen LogP contribution in [0.1, 0.15) is 42.4 Å². The predicted octanol–water partition coefficient (Wildman–Crippen LogP) is 3.24. The van der Waals surface area contributed by atoms with E-state index in [1.807, 2.05) is 36.9 Å². The molecular formula is C23H28N4O2. The van der Waals surface area contributed by atoms with Crippen LogP contribution in [0, 0.1) is 13.8 Å². The summed E-state index contributed by atoms with van der Waals surface area (Å²) in [5.74, 6) is 0.506. The number of para-hydroxylation sites is 1. The van der Waals surface area contributed by atoms with Crippen LogP contribution in [-0.2, 0) is 11.3 Å². The van der Waals surface area contributed by atoms with E-state index in [-0.39, 0.29) is 24.1 Å². The molecule has 2 N–H and O–H groups in total. The maximum absolute atomic E-state index is 12.6. The minimum atomic E-state index is -0.158. The second kappa shape index (κ2) is 9.01. The molecule has 0 unspecified atom stereocenters. The van der Waals surface area contributed by atoms with Gasteiger partial charge in [-0.25, -0.2) is 4.98 Å². The van der Waals surface area contributed by atoms with Gasteiger partial charge in [0.05, 0.1) is 30.0 Å². The summed E-state index contributed by atoms with van der Waals surface area (Å²) >= 11 is 0. The number of nitrogens with zero attached hydrogens (tertiary/aromatic N) is 2. The quantitative estimate of drug-likeness (QED) is 0.647. The molecule has 1 atom stereocenters. The Kier molecular flexibility index (Phi) is 6.44. The van der Waals surface area contributed by atoms with Gasteiger partial charge in [-0.1, -0.05) is 37.3 Å². The van der Waals surface area contributed by atoms with Gasteiger partial charge in [-0.3, -0.25) is 14.5 Å². The van der Waals surface area contributed by atoms with Crippen LogP contribution in [0.15, 0.2) is 47.3 Å². The number of carbonyl (C=O) groups is 1. The summed E-state index contributed by atoms with van der Waals surface area (Å²) in [6.45, 7) is 9.43. The Bertz CT molecular complexity index is 1070. The van der Waals surface area contributed by atoms with E-state index in [9.17, 15) is 9.59 Å². The normalized spacial score (nSPS) is 12.3. The molecule has 0 bridgehead atoms. The highest BCUT2D eigenvalue weighted by Gasteiger charge is 2.15. The smallest absolute Gasteiger partial charge is 0.258 e. The molecule has 6 nitrogen and oxygen atoms in total. The molecule has 0 aliphatic heterocycles. The van der Waals surface area contributed by atoms with Crippen LogP contribution < -0.4 is 10.9 Å². The van der Waals surface area contributed by atoms with Crippen molar-refractivity contribution in [3.63, 3.8) is 0 Å². The number of nitrogens with one attached hydrogen (secondary N) is 2. The van der Waals surface area contributed by atoms with Crippen molar-refractivity contribution in [2.75, 3.05) is 13.1 Å². The molecule has 152 valence electrons. The SMILES string of the molecule is CCN(CC(=O)N[C@@H](C)c1ccc(C)c(C)c1)Cc1nc2ccccc2c(=O)[nH]1. The van der Waals surface area contributed by atoms with Crippen LogP contribution in [0.5, 0.6) is 0 Å². The fourth-order valence-electron chi connectivity index (χ4n) is 3.31. The summed E-state index contributed by atoms with van der Waals surface area (Å²) in [6, 6.07) is 13.4. The standard InChI is InChI=1S/C23H28N4O2/c1-5-27(13-21-25-20-9-7-6-8-19(20)23(29)26-21)14-22(28)24-17(4)18-11-10-15(2)16(3)12-18/h6-12,17H,5,13-14H2,1-4H3,(H,24,28)(H,25,26,29)/t17-/m0/s1. The van der Waals surface area contributed by atoms with Gasteiger partial charge in [-0.05, 0) is 56.1 Å². The second-order valence-corrected chi connectivity index (χ2v) is 7.47. The predicted molar refractivity (Wildman–Crippen MR) is 116 cm³/mol. The van der Waals surface area contributed by atoms with E-state index in [0.29, 0.717) is 29.8 Å². The van der Waals surface area contributed by atoms with Crippen LogP contribution in [-0.4, -0.2) is 33.9 Å². The highest BCUT2D eigenvalue weighted by atomic mass is 16.2. The summed E-state index contributed by atoms with van der Waals surface area (Å²) in [4.78, 5) is 34.1. The molecule has 0 fully saturated rings. The van der Waals surface area contributed by atoms with E-state index in [1.165, 1.54) is 11.1 Å². The summed E-state index contributed by atoms with van der Waals surface area (Å²) in [7, 11) is 0. The first kappa shape index (κ1) is 20.7. The van der Waals surface area contributed by atoms with E-state index in [0.717, 1.165) is 5.56 Å². The average Bonchev–Trinajstić information content (AvgIpc) is 2.69. The molecule has 2 aromatic carbocycles. The number of amides is 1. The summed E-state index contributed by atoms with van der Waals surface area (Å²) < 4.78 is 0. The van der Waals surface area contributed by atoms with Crippen molar-refractivity contribution in [3.05, 3.63) is 75.3 Å². The van der Waals surface area contributed by atoms with Gasteiger partial charge in [0.1, 0.15) is 5.82 Å². The van der Waals surface area contributed by atoms with Crippen molar-refractivity contribution < 1.29 is 4.79 Å². The Morgan fingerprint density at radius 3 is 2.66 bits per heavy atom. The fourth-order valence-corrected chi connectivity index (χ4v) is 3.31. The first-order valence-electron chi connectivity index (χ1n) is 9.94. The monoisotopic (exact) mass is 392 g/mol. The molecule has 0 saturated heterocycles. The third-order valence-electron chi connectivity index (χ3n) is 5.26. The van der Waals surface area contributed by atoms with Gasteiger partial charge in [0.15, 0.2) is 0 Å². The van der Waals surface area contributed by atoms with E-state index in [2.05, 4.69) is 47.3 Å². The van der Waals surface area contributed by atoms with E-state index >= 15 is 0 Å². The number of H-pyrrole nitrogens is 1. The lowest BCUT2D eigenvalue weighted by Gasteiger charge is -2.21. The van der Waals surface area contributed by atoms with Gasteiger partial charge in [-0.2, -0.15) is 0 Å². The molecule has 1 amide bonds. The van der Waals surface area contributed by atoms with E-state index in [1.54, 1.807) is 6.07 Å². The van der Waals surface area contributed by atoms with Crippen molar-refractivity contribution in [1.29, 1.82) is 0 Å². The maximum atomic E-state index is 12.6. The molecule has 1 aromatic heterocycles. The Morgan fingerprint density at radius 1 is 1.17 bits per heavy atom. The van der Waals surface area contributed by atoms with Gasteiger partial charge in [-0.15, -0.1) is 0 Å². The first-order valence-corrected chi connectivity index (χ1v) is 9.94. The minimum Gasteiger partial charge on any atom is -0.348 e. The van der Waals surface area contributed by atoms with Crippen molar-refractivity contribution >= 4 is 16.8 Å². The number of likely N-dealkylation sites (N-methyl/N-ethyl adjacent to an activating group) is 1. The molecule has 3 aromatic rings. The zero-order chi connectivity index (χ0) is 21.0. The maximum Gasteiger partial charge on any atom is 0.258 e. The number of rotatable bonds is 7. The topological polar surface area (TPSA) is 78.1 Å². The lowest BCUT2D eigenvalue weighted by Crippen LogP contribution is -2.38. The summed E-state index contributed by atoms with van der Waals surface area (Å²) in [5.41, 5.74) is 4.04. The Hall–Kier alpha value is -2.99. The second-order valence-electron chi connectivity index (χ2n) is 7.47. The number of hydrogen-bond donors (Lipinski definition) is 2. The molecule has 1 heterocycles. The van der Waals surface area contributed by atoms with Crippen LogP contribution in [0.2, 0.25) is 0 Å². The van der Waals surface area contributed by atoms with Gasteiger partial charge < -0.3 is 10.3 Å². The summed E-state index contributed by atoms with van der Waals surface area (Å²) in [6.07, 6.45) is 0. The fraction of sp³-hybridized carbons (Fsp3) is 0.348. The third-order valence-corrected chi connectivity index (χ3v) is 5.26. The van der Waals surface area contributed by atoms with Crippen molar-refractivity contribution in [2.24, 2.45) is 0 Å². The van der Waals surface area contributed by atoms with Crippen molar-refractivity contribution in [1.82, 2.24) is 20.2 Å². The zero-order valence-electron chi connectivity index (χ0n) is 17.5. The summed E-state index contributed by atoms with van der Waals surface area (Å²) in [5, 5.41) is 3.63. The first-order chi connectivity index (χ1) is 13.9.